The van der Waals surface area contributed by atoms with E-state index in [4.69, 9.17) is 9.47 Å². The second-order valence-corrected chi connectivity index (χ2v) is 4.88. The van der Waals surface area contributed by atoms with E-state index in [1.165, 1.54) is 31.9 Å². The van der Waals surface area contributed by atoms with E-state index < -0.39 is 0 Å². The van der Waals surface area contributed by atoms with Gasteiger partial charge in [-0.15, -0.1) is 11.3 Å². The third-order valence-corrected chi connectivity index (χ3v) is 4.48. The summed E-state index contributed by atoms with van der Waals surface area (Å²) in [4.78, 5) is 20.8. The first-order valence-corrected chi connectivity index (χ1v) is 6.13. The van der Waals surface area contributed by atoms with Gasteiger partial charge in [-0.2, -0.15) is 0 Å². The molecule has 0 spiro atoms. The molecule has 16 heavy (non-hydrogen) atoms. The van der Waals surface area contributed by atoms with Crippen LogP contribution < -0.4 is 4.74 Å². The molecule has 0 aliphatic carbocycles. The van der Waals surface area contributed by atoms with Gasteiger partial charge in [-0.3, -0.25) is 0 Å². The highest BCUT2D eigenvalue weighted by molar-refractivity contribution is 14.1. The zero-order chi connectivity index (χ0) is 11.7. The van der Waals surface area contributed by atoms with Crippen molar-refractivity contribution in [3.05, 3.63) is 14.8 Å². The largest absolute Gasteiger partial charge is 0.480 e. The van der Waals surface area contributed by atoms with E-state index in [1.807, 2.05) is 0 Å². The Labute approximate surface area is 109 Å². The number of ether oxygens (including phenoxy) is 2. The van der Waals surface area contributed by atoms with E-state index in [-0.39, 0.29) is 5.97 Å². The average molecular weight is 350 g/mol. The number of hydrogen-bond donors (Lipinski definition) is 0. The van der Waals surface area contributed by atoms with E-state index in [2.05, 4.69) is 32.6 Å². The molecule has 0 bridgehead atoms. The zero-order valence-electron chi connectivity index (χ0n) is 8.48. The summed E-state index contributed by atoms with van der Waals surface area (Å²) in [6.45, 7) is 0. The van der Waals surface area contributed by atoms with Crippen LogP contribution in [-0.4, -0.2) is 30.2 Å². The molecule has 84 valence electrons. The number of aromatic nitrogens is 2. The van der Waals surface area contributed by atoms with Crippen LogP contribution in [0.3, 0.4) is 0 Å². The van der Waals surface area contributed by atoms with Gasteiger partial charge in [0.25, 0.3) is 0 Å². The Balaban J connectivity index is 2.73. The second kappa shape index (κ2) is 4.50. The van der Waals surface area contributed by atoms with Crippen molar-refractivity contribution in [3.63, 3.8) is 0 Å². The maximum absolute atomic E-state index is 11.5. The second-order valence-electron chi connectivity index (χ2n) is 2.80. The molecular weight excluding hydrogens is 343 g/mol. The number of carbonyl (C=O) groups excluding carboxylic acids is 1. The predicted octanol–water partition coefficient (Wildman–Crippen LogP) is 2.09. The van der Waals surface area contributed by atoms with Gasteiger partial charge in [0.15, 0.2) is 0 Å². The van der Waals surface area contributed by atoms with Gasteiger partial charge in [-0.1, -0.05) is 0 Å². The van der Waals surface area contributed by atoms with Gasteiger partial charge in [0.1, 0.15) is 16.0 Å². The number of halogens is 1. The highest BCUT2D eigenvalue weighted by Crippen LogP contribution is 2.35. The summed E-state index contributed by atoms with van der Waals surface area (Å²) in [5.74, 6) is 0.107. The van der Waals surface area contributed by atoms with Gasteiger partial charge < -0.3 is 9.47 Å². The predicted molar refractivity (Wildman–Crippen MR) is 68.0 cm³/mol. The number of carbonyl (C=O) groups is 1. The van der Waals surface area contributed by atoms with Crippen LogP contribution in [0.25, 0.3) is 10.2 Å². The monoisotopic (exact) mass is 350 g/mol. The third kappa shape index (κ3) is 1.73. The van der Waals surface area contributed by atoms with Gasteiger partial charge in [-0.05, 0) is 22.6 Å². The maximum Gasteiger partial charge on any atom is 0.349 e. The number of esters is 1. The van der Waals surface area contributed by atoms with Crippen LogP contribution in [-0.2, 0) is 4.74 Å². The molecule has 5 nitrogen and oxygen atoms in total. The van der Waals surface area contributed by atoms with Crippen molar-refractivity contribution in [2.24, 2.45) is 0 Å². The van der Waals surface area contributed by atoms with Crippen molar-refractivity contribution in [2.45, 2.75) is 0 Å². The van der Waals surface area contributed by atoms with Gasteiger partial charge in [-0.25, -0.2) is 14.8 Å². The fourth-order valence-corrected chi connectivity index (χ4v) is 3.42. The summed E-state index contributed by atoms with van der Waals surface area (Å²) in [5.41, 5.74) is 0. The van der Waals surface area contributed by atoms with Gasteiger partial charge in [0, 0.05) is 0 Å². The van der Waals surface area contributed by atoms with Crippen LogP contribution in [0.2, 0.25) is 0 Å². The highest BCUT2D eigenvalue weighted by Gasteiger charge is 2.21. The van der Waals surface area contributed by atoms with Gasteiger partial charge >= 0.3 is 5.97 Å². The lowest BCUT2D eigenvalue weighted by Gasteiger charge is -1.99. The summed E-state index contributed by atoms with van der Waals surface area (Å²) in [5, 5.41) is 0.760. The lowest BCUT2D eigenvalue weighted by atomic mass is 10.3. The maximum atomic E-state index is 11.5. The summed E-state index contributed by atoms with van der Waals surface area (Å²) in [6.07, 6.45) is 1.41. The minimum atomic E-state index is -0.366. The summed E-state index contributed by atoms with van der Waals surface area (Å²) < 4.78 is 10.6. The molecule has 2 aromatic heterocycles. The zero-order valence-corrected chi connectivity index (χ0v) is 11.5. The van der Waals surface area contributed by atoms with Crippen LogP contribution >= 0.6 is 33.9 Å². The summed E-state index contributed by atoms with van der Waals surface area (Å²) in [6, 6.07) is 0. The molecule has 0 aliphatic rings. The third-order valence-electron chi connectivity index (χ3n) is 1.96. The van der Waals surface area contributed by atoms with Crippen molar-refractivity contribution in [2.75, 3.05) is 14.2 Å². The topological polar surface area (TPSA) is 61.3 Å². The number of thiophene rings is 1. The van der Waals surface area contributed by atoms with Crippen molar-refractivity contribution in [1.82, 2.24) is 9.97 Å². The average Bonchev–Trinajstić information content (AvgIpc) is 2.66. The molecule has 0 atom stereocenters. The molecule has 0 fully saturated rings. The summed E-state index contributed by atoms with van der Waals surface area (Å²) in [7, 11) is 2.89. The molecule has 2 aromatic rings. The lowest BCUT2D eigenvalue weighted by Crippen LogP contribution is -1.99. The molecule has 0 saturated heterocycles. The minimum Gasteiger partial charge on any atom is -0.480 e. The molecular formula is C9H7IN2O3S. The van der Waals surface area contributed by atoms with Crippen molar-refractivity contribution in [1.29, 1.82) is 0 Å². The first kappa shape index (κ1) is 11.5. The Bertz CT molecular complexity index is 555. The molecule has 0 radical (unpaired) electrons. The van der Waals surface area contributed by atoms with E-state index in [0.29, 0.717) is 10.8 Å². The fourth-order valence-electron chi connectivity index (χ4n) is 1.25. The first-order valence-electron chi connectivity index (χ1n) is 4.24. The van der Waals surface area contributed by atoms with Crippen molar-refractivity contribution in [3.8, 4) is 5.88 Å². The SMILES string of the molecule is COC(=O)c1sc2ncnc(OC)c2c1I. The van der Waals surface area contributed by atoms with Gasteiger partial charge in [0.2, 0.25) is 5.88 Å². The molecule has 2 rings (SSSR count). The van der Waals surface area contributed by atoms with E-state index >= 15 is 0 Å². The smallest absolute Gasteiger partial charge is 0.349 e. The number of methoxy groups -OCH3 is 2. The molecule has 2 heterocycles. The number of nitrogens with zero attached hydrogens (tertiary/aromatic N) is 2. The molecule has 0 saturated carbocycles. The van der Waals surface area contributed by atoms with Gasteiger partial charge in [0.05, 0.1) is 23.2 Å². The minimum absolute atomic E-state index is 0.366. The molecule has 0 aliphatic heterocycles. The molecule has 0 aromatic carbocycles. The highest BCUT2D eigenvalue weighted by atomic mass is 127. The number of rotatable bonds is 2. The van der Waals surface area contributed by atoms with Crippen LogP contribution in [0.1, 0.15) is 9.67 Å². The van der Waals surface area contributed by atoms with Crippen molar-refractivity contribution >= 4 is 50.1 Å². The van der Waals surface area contributed by atoms with Crippen LogP contribution in [0, 0.1) is 3.57 Å². The number of hydrogen-bond acceptors (Lipinski definition) is 6. The fraction of sp³-hybridized carbons (Fsp3) is 0.222. The van der Waals surface area contributed by atoms with E-state index in [1.54, 1.807) is 0 Å². The Hall–Kier alpha value is -0.960. The van der Waals surface area contributed by atoms with E-state index in [9.17, 15) is 4.79 Å². The summed E-state index contributed by atoms with van der Waals surface area (Å²) >= 11 is 3.34. The number of fused-ring (bicyclic) bond motifs is 1. The standard InChI is InChI=1S/C9H7IN2O3S/c1-14-7-4-5(10)6(9(13)15-2)16-8(4)12-3-11-7/h3H,1-2H3. The van der Waals surface area contributed by atoms with Crippen molar-refractivity contribution < 1.29 is 14.3 Å². The molecule has 0 unspecified atom stereocenters. The molecule has 0 amide bonds. The normalized spacial score (nSPS) is 10.4. The van der Waals surface area contributed by atoms with E-state index in [0.717, 1.165) is 13.8 Å². The Morgan fingerprint density at radius 2 is 2.19 bits per heavy atom. The quantitative estimate of drug-likeness (QED) is 0.613. The molecule has 7 heteroatoms. The lowest BCUT2D eigenvalue weighted by molar-refractivity contribution is 0.0605. The van der Waals surface area contributed by atoms with Crippen LogP contribution in [0.5, 0.6) is 5.88 Å². The first-order chi connectivity index (χ1) is 7.69. The van der Waals surface area contributed by atoms with Crippen LogP contribution in [0.15, 0.2) is 6.33 Å². The molecule has 0 N–H and O–H groups in total. The Morgan fingerprint density at radius 1 is 1.44 bits per heavy atom. The van der Waals surface area contributed by atoms with Crippen LogP contribution in [0.4, 0.5) is 0 Å². The Kier molecular flexibility index (Phi) is 3.24. The Morgan fingerprint density at radius 3 is 2.81 bits per heavy atom.